The second-order valence-corrected chi connectivity index (χ2v) is 5.44. The van der Waals surface area contributed by atoms with Crippen LogP contribution in [0.5, 0.6) is 0 Å². The molecule has 1 N–H and O–H groups in total. The monoisotopic (exact) mass is 285 g/mol. The van der Waals surface area contributed by atoms with Gasteiger partial charge in [0.15, 0.2) is 5.82 Å². The van der Waals surface area contributed by atoms with E-state index < -0.39 is 0 Å². The van der Waals surface area contributed by atoms with Crippen LogP contribution in [-0.2, 0) is 6.54 Å². The van der Waals surface area contributed by atoms with Crippen molar-refractivity contribution in [3.05, 3.63) is 30.6 Å². The number of aryl methyl sites for hydroxylation is 1. The van der Waals surface area contributed by atoms with Crippen LogP contribution < -0.4 is 10.2 Å². The molecule has 0 unspecified atom stereocenters. The van der Waals surface area contributed by atoms with E-state index in [2.05, 4.69) is 51.5 Å². The minimum Gasteiger partial charge on any atom is -0.369 e. The van der Waals surface area contributed by atoms with Crippen LogP contribution in [0.3, 0.4) is 0 Å². The molecule has 5 nitrogen and oxygen atoms in total. The van der Waals surface area contributed by atoms with Gasteiger partial charge >= 0.3 is 0 Å². The fraction of sp³-hybridized carbons (Fsp3) is 0.500. The molecular formula is C16H23N5. The fourth-order valence-electron chi connectivity index (χ4n) is 2.70. The maximum absolute atomic E-state index is 4.41. The number of hydrogen-bond donors (Lipinski definition) is 1. The van der Waals surface area contributed by atoms with Gasteiger partial charge in [-0.15, -0.1) is 0 Å². The van der Waals surface area contributed by atoms with E-state index in [4.69, 9.17) is 0 Å². The summed E-state index contributed by atoms with van der Waals surface area (Å²) >= 11 is 0. The Balaban J connectivity index is 1.76. The molecule has 2 heterocycles. The highest BCUT2D eigenvalue weighted by Crippen LogP contribution is 2.22. The van der Waals surface area contributed by atoms with Crippen molar-refractivity contribution in [2.24, 2.45) is 0 Å². The van der Waals surface area contributed by atoms with E-state index in [1.807, 2.05) is 4.68 Å². The Morgan fingerprint density at radius 2 is 1.90 bits per heavy atom. The molecular weight excluding hydrogens is 262 g/mol. The van der Waals surface area contributed by atoms with Gasteiger partial charge in [0.2, 0.25) is 0 Å². The van der Waals surface area contributed by atoms with Gasteiger partial charge in [0, 0.05) is 44.0 Å². The predicted molar refractivity (Wildman–Crippen MR) is 85.4 cm³/mol. The Kier molecular flexibility index (Phi) is 4.50. The Hall–Kier alpha value is -1.88. The Morgan fingerprint density at radius 1 is 1.14 bits per heavy atom. The van der Waals surface area contributed by atoms with Crippen molar-refractivity contribution in [3.63, 3.8) is 0 Å². The van der Waals surface area contributed by atoms with Crippen molar-refractivity contribution in [3.8, 4) is 11.4 Å². The molecule has 0 bridgehead atoms. The van der Waals surface area contributed by atoms with Crippen LogP contribution in [0.2, 0.25) is 0 Å². The molecule has 112 valence electrons. The molecule has 0 saturated carbocycles. The Labute approximate surface area is 126 Å². The number of nitrogens with one attached hydrogen (secondary N) is 1. The first-order valence-corrected chi connectivity index (χ1v) is 7.82. The summed E-state index contributed by atoms with van der Waals surface area (Å²) in [5.41, 5.74) is 2.43. The third kappa shape index (κ3) is 3.24. The SMILES string of the molecule is CCCCn1ncnc1-c1ccc(N2CCNCC2)cc1. The molecule has 5 heteroatoms. The molecule has 3 rings (SSSR count). The Morgan fingerprint density at radius 3 is 2.62 bits per heavy atom. The third-order valence-electron chi connectivity index (χ3n) is 3.95. The maximum Gasteiger partial charge on any atom is 0.158 e. The van der Waals surface area contributed by atoms with E-state index >= 15 is 0 Å². The van der Waals surface area contributed by atoms with E-state index in [0.29, 0.717) is 0 Å². The molecule has 0 aliphatic carbocycles. The summed E-state index contributed by atoms with van der Waals surface area (Å²) in [5.74, 6) is 0.968. The highest BCUT2D eigenvalue weighted by Gasteiger charge is 2.11. The van der Waals surface area contributed by atoms with Crippen molar-refractivity contribution in [2.75, 3.05) is 31.1 Å². The summed E-state index contributed by atoms with van der Waals surface area (Å²) in [6.45, 7) is 7.41. The summed E-state index contributed by atoms with van der Waals surface area (Å²) < 4.78 is 2.00. The summed E-state index contributed by atoms with van der Waals surface area (Å²) in [5, 5.41) is 7.71. The van der Waals surface area contributed by atoms with Crippen molar-refractivity contribution < 1.29 is 0 Å². The number of piperazine rings is 1. The van der Waals surface area contributed by atoms with Crippen LogP contribution in [-0.4, -0.2) is 40.9 Å². The van der Waals surface area contributed by atoms with E-state index in [9.17, 15) is 0 Å². The molecule has 0 radical (unpaired) electrons. The van der Waals surface area contributed by atoms with Crippen LogP contribution in [0.15, 0.2) is 30.6 Å². The van der Waals surface area contributed by atoms with Crippen molar-refractivity contribution in [1.82, 2.24) is 20.1 Å². The Bertz CT molecular complexity index is 554. The molecule has 0 atom stereocenters. The normalized spacial score (nSPS) is 15.4. The second-order valence-electron chi connectivity index (χ2n) is 5.44. The molecule has 21 heavy (non-hydrogen) atoms. The number of rotatable bonds is 5. The minimum atomic E-state index is 0.936. The first kappa shape index (κ1) is 14.1. The summed E-state index contributed by atoms with van der Waals surface area (Å²) in [6.07, 6.45) is 3.95. The van der Waals surface area contributed by atoms with Gasteiger partial charge in [-0.2, -0.15) is 5.10 Å². The minimum absolute atomic E-state index is 0.936. The zero-order chi connectivity index (χ0) is 14.5. The topological polar surface area (TPSA) is 46.0 Å². The highest BCUT2D eigenvalue weighted by atomic mass is 15.3. The summed E-state index contributed by atoms with van der Waals surface area (Å²) in [6, 6.07) is 8.70. The smallest absolute Gasteiger partial charge is 0.158 e. The van der Waals surface area contributed by atoms with E-state index in [1.54, 1.807) is 6.33 Å². The lowest BCUT2D eigenvalue weighted by Crippen LogP contribution is -2.43. The van der Waals surface area contributed by atoms with Gasteiger partial charge in [0.1, 0.15) is 6.33 Å². The van der Waals surface area contributed by atoms with Crippen LogP contribution >= 0.6 is 0 Å². The maximum atomic E-state index is 4.41. The lowest BCUT2D eigenvalue weighted by Gasteiger charge is -2.29. The van der Waals surface area contributed by atoms with Gasteiger partial charge < -0.3 is 10.2 Å². The molecule has 2 aromatic rings. The first-order chi connectivity index (χ1) is 10.4. The van der Waals surface area contributed by atoms with Gasteiger partial charge in [0.05, 0.1) is 0 Å². The van der Waals surface area contributed by atoms with Gasteiger partial charge in [-0.3, -0.25) is 0 Å². The number of nitrogens with zero attached hydrogens (tertiary/aromatic N) is 4. The van der Waals surface area contributed by atoms with Crippen LogP contribution in [0, 0.1) is 0 Å². The fourth-order valence-corrected chi connectivity index (χ4v) is 2.70. The van der Waals surface area contributed by atoms with Crippen molar-refractivity contribution >= 4 is 5.69 Å². The van der Waals surface area contributed by atoms with Crippen LogP contribution in [0.4, 0.5) is 5.69 Å². The molecule has 1 saturated heterocycles. The highest BCUT2D eigenvalue weighted by molar-refractivity contribution is 5.60. The molecule has 1 aliphatic rings. The number of anilines is 1. The average molecular weight is 285 g/mol. The van der Waals surface area contributed by atoms with E-state index in [0.717, 1.165) is 50.5 Å². The zero-order valence-corrected chi connectivity index (χ0v) is 12.6. The van der Waals surface area contributed by atoms with Gasteiger partial charge in [-0.05, 0) is 30.7 Å². The van der Waals surface area contributed by atoms with Crippen LogP contribution in [0.25, 0.3) is 11.4 Å². The van der Waals surface area contributed by atoms with Crippen LogP contribution in [0.1, 0.15) is 19.8 Å². The molecule has 1 aromatic heterocycles. The van der Waals surface area contributed by atoms with Gasteiger partial charge in [0.25, 0.3) is 0 Å². The standard InChI is InChI=1S/C16H23N5/c1-2-3-10-21-16(18-13-19-21)14-4-6-15(7-5-14)20-11-8-17-9-12-20/h4-7,13,17H,2-3,8-12H2,1H3. The quantitative estimate of drug-likeness (QED) is 0.914. The molecule has 0 spiro atoms. The number of benzene rings is 1. The van der Waals surface area contributed by atoms with Crippen molar-refractivity contribution in [1.29, 1.82) is 0 Å². The lowest BCUT2D eigenvalue weighted by molar-refractivity contribution is 0.576. The first-order valence-electron chi connectivity index (χ1n) is 7.82. The molecule has 1 fully saturated rings. The average Bonchev–Trinajstić information content (AvgIpc) is 3.02. The zero-order valence-electron chi connectivity index (χ0n) is 12.6. The predicted octanol–water partition coefficient (Wildman–Crippen LogP) is 2.15. The van der Waals surface area contributed by atoms with E-state index in [1.165, 1.54) is 12.1 Å². The van der Waals surface area contributed by atoms with Gasteiger partial charge in [-0.1, -0.05) is 13.3 Å². The largest absolute Gasteiger partial charge is 0.369 e. The summed E-state index contributed by atoms with van der Waals surface area (Å²) in [7, 11) is 0. The number of unbranched alkanes of at least 4 members (excludes halogenated alkanes) is 1. The lowest BCUT2D eigenvalue weighted by atomic mass is 10.1. The molecule has 1 aromatic carbocycles. The second kappa shape index (κ2) is 6.72. The van der Waals surface area contributed by atoms with E-state index in [-0.39, 0.29) is 0 Å². The molecule has 0 amide bonds. The van der Waals surface area contributed by atoms with Gasteiger partial charge in [-0.25, -0.2) is 9.67 Å². The third-order valence-corrected chi connectivity index (χ3v) is 3.95. The summed E-state index contributed by atoms with van der Waals surface area (Å²) in [4.78, 5) is 6.83. The molecule has 1 aliphatic heterocycles. The number of aromatic nitrogens is 3. The van der Waals surface area contributed by atoms with Crippen molar-refractivity contribution in [2.45, 2.75) is 26.3 Å². The number of hydrogen-bond acceptors (Lipinski definition) is 4.